The van der Waals surface area contributed by atoms with Crippen molar-refractivity contribution in [1.82, 2.24) is 4.98 Å². The molecule has 2 aromatic rings. The van der Waals surface area contributed by atoms with Crippen LogP contribution < -0.4 is 15.8 Å². The molecule has 30 heavy (non-hydrogen) atoms. The molecule has 1 aliphatic carbocycles. The Morgan fingerprint density at radius 2 is 2.20 bits per heavy atom. The van der Waals surface area contributed by atoms with E-state index in [0.717, 1.165) is 45.5 Å². The van der Waals surface area contributed by atoms with E-state index >= 15 is 0 Å². The van der Waals surface area contributed by atoms with Gasteiger partial charge in [0.1, 0.15) is 28.7 Å². The van der Waals surface area contributed by atoms with E-state index in [0.29, 0.717) is 5.92 Å². The number of nitrogens with two attached hydrogens (primary N) is 1. The van der Waals surface area contributed by atoms with Crippen molar-refractivity contribution in [2.24, 2.45) is 16.6 Å². The van der Waals surface area contributed by atoms with E-state index in [1.807, 2.05) is 25.2 Å². The fourth-order valence-corrected chi connectivity index (χ4v) is 4.72. The maximum Gasteiger partial charge on any atom is 0.139 e. The molecule has 1 aromatic carbocycles. The van der Waals surface area contributed by atoms with Crippen LogP contribution in [0.4, 0.5) is 5.69 Å². The summed E-state index contributed by atoms with van der Waals surface area (Å²) in [6, 6.07) is 6.10. The third-order valence-corrected chi connectivity index (χ3v) is 6.94. The summed E-state index contributed by atoms with van der Waals surface area (Å²) in [6.07, 6.45) is 8.95. The number of ether oxygens (including phenoxy) is 1. The number of hydrogen-bond donors (Lipinski definition) is 3. The third kappa shape index (κ3) is 4.29. The van der Waals surface area contributed by atoms with Crippen molar-refractivity contribution < 1.29 is 9.84 Å². The highest BCUT2D eigenvalue weighted by molar-refractivity contribution is 7.15. The smallest absolute Gasteiger partial charge is 0.139 e. The Balaban J connectivity index is 1.65. The van der Waals surface area contributed by atoms with Gasteiger partial charge in [-0.15, -0.1) is 11.3 Å². The first kappa shape index (κ1) is 21.0. The number of allylic oxidation sites excluding steroid dienone is 1. The van der Waals surface area contributed by atoms with Gasteiger partial charge in [0.05, 0.1) is 10.4 Å². The first-order valence-corrected chi connectivity index (χ1v) is 11.6. The van der Waals surface area contributed by atoms with Gasteiger partial charge in [-0.1, -0.05) is 19.8 Å². The van der Waals surface area contributed by atoms with E-state index < -0.39 is 6.10 Å². The van der Waals surface area contributed by atoms with Crippen molar-refractivity contribution in [3.8, 4) is 16.3 Å². The number of aliphatic hydroxyl groups is 1. The molecule has 0 saturated heterocycles. The second-order valence-corrected chi connectivity index (χ2v) is 8.98. The van der Waals surface area contributed by atoms with Crippen LogP contribution in [0.25, 0.3) is 10.6 Å². The van der Waals surface area contributed by atoms with Crippen molar-refractivity contribution in [3.05, 3.63) is 41.1 Å². The predicted octanol–water partition coefficient (Wildman–Crippen LogP) is 4.53. The molecule has 4 N–H and O–H groups in total. The molecule has 1 saturated carbocycles. The standard InChI is InChI=1S/C23H30N4O2S/c1-3-5-17-21(11-18(27-17)14-6-4-7-14)29-20-10-15(25-2)8-9-16(20)23-26-13-22(30-23)19(28)12-24/h8-11,13-14,17,19,25,28H,3-7,12,24H2,1-2H3. The van der Waals surface area contributed by atoms with Crippen LogP contribution in [0.15, 0.2) is 41.2 Å². The van der Waals surface area contributed by atoms with Crippen LogP contribution in [0, 0.1) is 5.92 Å². The topological polar surface area (TPSA) is 92.8 Å². The fourth-order valence-electron chi connectivity index (χ4n) is 3.78. The third-order valence-electron chi connectivity index (χ3n) is 5.81. The largest absolute Gasteiger partial charge is 0.459 e. The van der Waals surface area contributed by atoms with Crippen molar-refractivity contribution in [1.29, 1.82) is 0 Å². The molecule has 7 heteroatoms. The van der Waals surface area contributed by atoms with Gasteiger partial charge in [-0.05, 0) is 31.4 Å². The van der Waals surface area contributed by atoms with Gasteiger partial charge in [0, 0.05) is 49.2 Å². The quantitative estimate of drug-likeness (QED) is 0.548. The van der Waals surface area contributed by atoms with Gasteiger partial charge >= 0.3 is 0 Å². The van der Waals surface area contributed by atoms with E-state index in [2.05, 4.69) is 23.3 Å². The molecular weight excluding hydrogens is 396 g/mol. The molecule has 4 rings (SSSR count). The number of aliphatic imine (C=N–C) groups is 1. The lowest BCUT2D eigenvalue weighted by atomic mass is 9.82. The molecule has 0 amide bonds. The Labute approximate surface area is 181 Å². The summed E-state index contributed by atoms with van der Waals surface area (Å²) >= 11 is 1.44. The zero-order chi connectivity index (χ0) is 21.1. The number of aliphatic hydroxyl groups excluding tert-OH is 1. The minimum atomic E-state index is -0.692. The molecule has 2 unspecified atom stereocenters. The van der Waals surface area contributed by atoms with Gasteiger partial charge in [0.15, 0.2) is 0 Å². The average Bonchev–Trinajstić information content (AvgIpc) is 3.34. The lowest BCUT2D eigenvalue weighted by Crippen LogP contribution is -2.19. The Kier molecular flexibility index (Phi) is 6.51. The highest BCUT2D eigenvalue weighted by atomic mass is 32.1. The van der Waals surface area contributed by atoms with Crippen LogP contribution in [0.3, 0.4) is 0 Å². The molecule has 2 aliphatic rings. The van der Waals surface area contributed by atoms with Gasteiger partial charge in [-0.2, -0.15) is 0 Å². The molecule has 160 valence electrons. The van der Waals surface area contributed by atoms with Gasteiger partial charge in [0.2, 0.25) is 0 Å². The molecule has 1 aromatic heterocycles. The first-order valence-electron chi connectivity index (χ1n) is 10.8. The summed E-state index contributed by atoms with van der Waals surface area (Å²) in [5, 5.41) is 14.0. The second-order valence-electron chi connectivity index (χ2n) is 7.92. The van der Waals surface area contributed by atoms with Crippen molar-refractivity contribution >= 4 is 22.7 Å². The average molecular weight is 427 g/mol. The second kappa shape index (κ2) is 9.29. The van der Waals surface area contributed by atoms with Crippen LogP contribution >= 0.6 is 11.3 Å². The molecule has 2 heterocycles. The van der Waals surface area contributed by atoms with E-state index in [-0.39, 0.29) is 12.6 Å². The van der Waals surface area contributed by atoms with Crippen LogP contribution in [0.2, 0.25) is 0 Å². The van der Waals surface area contributed by atoms with Gasteiger partial charge < -0.3 is 20.9 Å². The van der Waals surface area contributed by atoms with E-state index in [9.17, 15) is 5.11 Å². The summed E-state index contributed by atoms with van der Waals surface area (Å²) in [7, 11) is 1.89. The minimum absolute atomic E-state index is 0.0858. The number of benzene rings is 1. The number of rotatable bonds is 9. The molecule has 0 spiro atoms. The molecule has 2 atom stereocenters. The highest BCUT2D eigenvalue weighted by Crippen LogP contribution is 2.39. The summed E-state index contributed by atoms with van der Waals surface area (Å²) in [4.78, 5) is 10.3. The number of nitrogens with one attached hydrogen (secondary N) is 1. The summed E-state index contributed by atoms with van der Waals surface area (Å²) in [6.45, 7) is 2.36. The first-order chi connectivity index (χ1) is 14.6. The summed E-state index contributed by atoms with van der Waals surface area (Å²) < 4.78 is 6.50. The molecule has 1 aliphatic heterocycles. The number of nitrogens with zero attached hydrogens (tertiary/aromatic N) is 2. The van der Waals surface area contributed by atoms with Crippen molar-refractivity contribution in [2.75, 3.05) is 18.9 Å². The molecule has 1 fully saturated rings. The summed E-state index contributed by atoms with van der Waals surface area (Å²) in [5.74, 6) is 2.27. The minimum Gasteiger partial charge on any atom is -0.459 e. The Bertz CT molecular complexity index is 948. The van der Waals surface area contributed by atoms with Gasteiger partial charge in [-0.25, -0.2) is 4.98 Å². The number of hydrogen-bond acceptors (Lipinski definition) is 7. The zero-order valence-electron chi connectivity index (χ0n) is 17.6. The zero-order valence-corrected chi connectivity index (χ0v) is 18.4. The Morgan fingerprint density at radius 3 is 2.87 bits per heavy atom. The van der Waals surface area contributed by atoms with Crippen molar-refractivity contribution in [3.63, 3.8) is 0 Å². The van der Waals surface area contributed by atoms with Crippen LogP contribution in [-0.4, -0.2) is 35.4 Å². The van der Waals surface area contributed by atoms with Gasteiger partial charge in [-0.3, -0.25) is 4.99 Å². The maximum atomic E-state index is 10.1. The Morgan fingerprint density at radius 1 is 1.37 bits per heavy atom. The molecular formula is C23H30N4O2S. The maximum absolute atomic E-state index is 10.1. The lowest BCUT2D eigenvalue weighted by molar-refractivity contribution is 0.190. The highest BCUT2D eigenvalue weighted by Gasteiger charge is 2.30. The van der Waals surface area contributed by atoms with Crippen LogP contribution in [0.5, 0.6) is 5.75 Å². The molecule has 0 radical (unpaired) electrons. The number of aromatic nitrogens is 1. The SMILES string of the molecule is CCCC1N=C(C2CCC2)C=C1Oc1cc(NC)ccc1-c1ncc(C(O)CN)s1. The van der Waals surface area contributed by atoms with E-state index in [4.69, 9.17) is 15.5 Å². The lowest BCUT2D eigenvalue weighted by Gasteiger charge is -2.24. The fraction of sp³-hybridized carbons (Fsp3) is 0.478. The van der Waals surface area contributed by atoms with E-state index in [1.165, 1.54) is 36.3 Å². The Hall–Kier alpha value is -2.22. The molecule has 0 bridgehead atoms. The van der Waals surface area contributed by atoms with Crippen molar-refractivity contribution in [2.45, 2.75) is 51.2 Å². The van der Waals surface area contributed by atoms with Crippen LogP contribution in [-0.2, 0) is 0 Å². The predicted molar refractivity (Wildman–Crippen MR) is 123 cm³/mol. The monoisotopic (exact) mass is 426 g/mol. The van der Waals surface area contributed by atoms with Crippen LogP contribution in [0.1, 0.15) is 50.0 Å². The van der Waals surface area contributed by atoms with E-state index in [1.54, 1.807) is 6.20 Å². The number of thiazole rings is 1. The normalized spacial score (nSPS) is 19.8. The number of anilines is 1. The van der Waals surface area contributed by atoms with Gasteiger partial charge in [0.25, 0.3) is 0 Å². The summed E-state index contributed by atoms with van der Waals surface area (Å²) in [5.41, 5.74) is 8.68. The molecule has 6 nitrogen and oxygen atoms in total.